The second kappa shape index (κ2) is 5.86. The van der Waals surface area contributed by atoms with E-state index in [0.717, 1.165) is 12.8 Å². The van der Waals surface area contributed by atoms with Gasteiger partial charge in [-0.2, -0.15) is 0 Å². The largest absolute Gasteiger partial charge is 0.0836 e. The monoisotopic (exact) mass is 384 g/mol. The van der Waals surface area contributed by atoms with Gasteiger partial charge in [-0.3, -0.25) is 0 Å². The van der Waals surface area contributed by atoms with E-state index in [1.807, 2.05) is 0 Å². The van der Waals surface area contributed by atoms with Gasteiger partial charge in [0.1, 0.15) is 0 Å². The molecule has 5 rings (SSSR count). The zero-order valence-corrected chi connectivity index (χ0v) is 15.4. The molecule has 1 aliphatic carbocycles. The first-order valence-corrected chi connectivity index (χ1v) is 9.51. The summed E-state index contributed by atoms with van der Waals surface area (Å²) >= 11 is 3.85. The van der Waals surface area contributed by atoms with E-state index in [9.17, 15) is 0 Å². The van der Waals surface area contributed by atoms with Crippen molar-refractivity contribution in [3.8, 4) is 11.1 Å². The molecule has 120 valence electrons. The second-order valence-electron chi connectivity index (χ2n) is 6.60. The Morgan fingerprint density at radius 3 is 2.00 bits per heavy atom. The molecule has 0 bridgehead atoms. The molecule has 0 fully saturated rings. The molecule has 0 aliphatic heterocycles. The Morgan fingerprint density at radius 2 is 1.32 bits per heavy atom. The van der Waals surface area contributed by atoms with Crippen LogP contribution in [-0.2, 0) is 6.42 Å². The number of hydrogen-bond donors (Lipinski definition) is 0. The molecule has 1 aliphatic rings. The average Bonchev–Trinajstić information content (AvgIpc) is 2.68. The van der Waals surface area contributed by atoms with Crippen LogP contribution in [0.4, 0.5) is 0 Å². The molecule has 0 aromatic heterocycles. The minimum atomic E-state index is 1.13. The zero-order chi connectivity index (χ0) is 16.8. The summed E-state index contributed by atoms with van der Waals surface area (Å²) in [6.45, 7) is 0. The third kappa shape index (κ3) is 2.26. The molecule has 0 spiro atoms. The van der Waals surface area contributed by atoms with Crippen molar-refractivity contribution in [2.75, 3.05) is 0 Å². The van der Waals surface area contributed by atoms with E-state index in [1.165, 1.54) is 48.3 Å². The molecule has 0 saturated carbocycles. The van der Waals surface area contributed by atoms with Gasteiger partial charge in [-0.25, -0.2) is 0 Å². The van der Waals surface area contributed by atoms with E-state index in [4.69, 9.17) is 0 Å². The predicted octanol–water partition coefficient (Wildman–Crippen LogP) is 7.38. The van der Waals surface area contributed by atoms with E-state index in [1.54, 1.807) is 0 Å². The smallest absolute Gasteiger partial charge is 0.0332 e. The maximum absolute atomic E-state index is 3.85. The summed E-state index contributed by atoms with van der Waals surface area (Å²) in [5.74, 6) is 0. The fraction of sp³-hybridized carbons (Fsp3) is 0.0833. The van der Waals surface area contributed by atoms with Gasteiger partial charge in [0, 0.05) is 4.47 Å². The molecule has 0 radical (unpaired) electrons. The average molecular weight is 385 g/mol. The predicted molar refractivity (Wildman–Crippen MR) is 112 cm³/mol. The summed E-state index contributed by atoms with van der Waals surface area (Å²) in [4.78, 5) is 0. The van der Waals surface area contributed by atoms with E-state index >= 15 is 0 Å². The molecule has 25 heavy (non-hydrogen) atoms. The minimum Gasteiger partial charge on any atom is -0.0836 e. The molecule has 4 aromatic carbocycles. The fourth-order valence-electron chi connectivity index (χ4n) is 4.05. The molecule has 0 atom stereocenters. The molecule has 0 N–H and O–H groups in total. The number of fused-ring (bicyclic) bond motifs is 3. The SMILES string of the molecule is Brc1c2ccccc2c(-c2cccc3c2C=CCC3)c2ccccc12. The van der Waals surface area contributed by atoms with Crippen LogP contribution in [0.25, 0.3) is 38.7 Å². The fourth-order valence-corrected chi connectivity index (χ4v) is 4.74. The van der Waals surface area contributed by atoms with Crippen LogP contribution in [0.1, 0.15) is 17.5 Å². The van der Waals surface area contributed by atoms with Crippen LogP contribution < -0.4 is 0 Å². The first-order chi connectivity index (χ1) is 12.3. The van der Waals surface area contributed by atoms with E-state index in [0.29, 0.717) is 0 Å². The molecule has 1 heteroatoms. The normalized spacial score (nSPS) is 13.3. The third-order valence-electron chi connectivity index (χ3n) is 5.20. The standard InChI is InChI=1S/C24H17Br/c25-24-21-13-5-3-11-19(21)23(20-12-4-6-14-22(20)24)18-15-7-9-16-8-1-2-10-17(16)18/h2-7,9-15H,1,8H2. The van der Waals surface area contributed by atoms with E-state index in [2.05, 4.69) is 94.8 Å². The van der Waals surface area contributed by atoms with Gasteiger partial charge in [0.05, 0.1) is 0 Å². The number of rotatable bonds is 1. The Labute approximate surface area is 155 Å². The van der Waals surface area contributed by atoms with Crippen LogP contribution >= 0.6 is 15.9 Å². The van der Waals surface area contributed by atoms with Gasteiger partial charge >= 0.3 is 0 Å². The van der Waals surface area contributed by atoms with Crippen LogP contribution in [-0.4, -0.2) is 0 Å². The molecule has 0 amide bonds. The Balaban J connectivity index is 2.00. The summed E-state index contributed by atoms with van der Waals surface area (Å²) in [7, 11) is 0. The van der Waals surface area contributed by atoms with Crippen molar-refractivity contribution in [1.82, 2.24) is 0 Å². The quantitative estimate of drug-likeness (QED) is 0.300. The lowest BCUT2D eigenvalue weighted by Crippen LogP contribution is -1.97. The first kappa shape index (κ1) is 14.9. The second-order valence-corrected chi connectivity index (χ2v) is 7.39. The minimum absolute atomic E-state index is 1.13. The van der Waals surface area contributed by atoms with Crippen molar-refractivity contribution >= 4 is 43.6 Å². The highest BCUT2D eigenvalue weighted by molar-refractivity contribution is 9.10. The molecule has 0 nitrogen and oxygen atoms in total. The summed E-state index contributed by atoms with van der Waals surface area (Å²) in [5.41, 5.74) is 5.52. The lowest BCUT2D eigenvalue weighted by atomic mass is 9.85. The summed E-state index contributed by atoms with van der Waals surface area (Å²) in [6.07, 6.45) is 6.87. The molecule has 0 unspecified atom stereocenters. The summed E-state index contributed by atoms with van der Waals surface area (Å²) < 4.78 is 1.18. The molecule has 0 heterocycles. The highest BCUT2D eigenvalue weighted by atomic mass is 79.9. The van der Waals surface area contributed by atoms with Crippen LogP contribution in [0.15, 0.2) is 77.3 Å². The van der Waals surface area contributed by atoms with Crippen molar-refractivity contribution in [3.05, 3.63) is 88.4 Å². The van der Waals surface area contributed by atoms with Gasteiger partial charge in [-0.15, -0.1) is 0 Å². The van der Waals surface area contributed by atoms with Crippen LogP contribution in [0, 0.1) is 0 Å². The van der Waals surface area contributed by atoms with Crippen molar-refractivity contribution in [2.45, 2.75) is 12.8 Å². The number of aryl methyl sites for hydroxylation is 1. The van der Waals surface area contributed by atoms with Crippen LogP contribution in [0.5, 0.6) is 0 Å². The van der Waals surface area contributed by atoms with Crippen LogP contribution in [0.3, 0.4) is 0 Å². The topological polar surface area (TPSA) is 0 Å². The molecule has 0 saturated heterocycles. The number of allylic oxidation sites excluding steroid dienone is 1. The van der Waals surface area contributed by atoms with Gasteiger partial charge in [0.25, 0.3) is 0 Å². The highest BCUT2D eigenvalue weighted by Crippen LogP contribution is 2.43. The third-order valence-corrected chi connectivity index (χ3v) is 6.05. The van der Waals surface area contributed by atoms with Crippen LogP contribution in [0.2, 0.25) is 0 Å². The molecular weight excluding hydrogens is 368 g/mol. The van der Waals surface area contributed by atoms with Gasteiger partial charge in [-0.05, 0) is 72.6 Å². The Bertz CT molecular complexity index is 1090. The number of hydrogen-bond acceptors (Lipinski definition) is 0. The zero-order valence-electron chi connectivity index (χ0n) is 13.8. The van der Waals surface area contributed by atoms with Gasteiger partial charge in [-0.1, -0.05) is 78.9 Å². The van der Waals surface area contributed by atoms with Crippen molar-refractivity contribution in [3.63, 3.8) is 0 Å². The number of halogens is 1. The van der Waals surface area contributed by atoms with E-state index in [-0.39, 0.29) is 0 Å². The Hall–Kier alpha value is -2.38. The Morgan fingerprint density at radius 1 is 0.680 bits per heavy atom. The molecular formula is C24H17Br. The highest BCUT2D eigenvalue weighted by Gasteiger charge is 2.17. The maximum atomic E-state index is 3.85. The number of benzene rings is 4. The van der Waals surface area contributed by atoms with Gasteiger partial charge < -0.3 is 0 Å². The van der Waals surface area contributed by atoms with Crippen molar-refractivity contribution in [1.29, 1.82) is 0 Å². The lowest BCUT2D eigenvalue weighted by Gasteiger charge is -2.19. The summed E-state index contributed by atoms with van der Waals surface area (Å²) in [6, 6.07) is 24.2. The van der Waals surface area contributed by atoms with E-state index < -0.39 is 0 Å². The van der Waals surface area contributed by atoms with Gasteiger partial charge in [0.15, 0.2) is 0 Å². The maximum Gasteiger partial charge on any atom is 0.0332 e. The molecule has 4 aromatic rings. The van der Waals surface area contributed by atoms with Crippen molar-refractivity contribution < 1.29 is 0 Å². The first-order valence-electron chi connectivity index (χ1n) is 8.72. The lowest BCUT2D eigenvalue weighted by molar-refractivity contribution is 0.987. The summed E-state index contributed by atoms with van der Waals surface area (Å²) in [5, 5.41) is 5.16. The van der Waals surface area contributed by atoms with Gasteiger partial charge in [0.2, 0.25) is 0 Å². The Kier molecular flexibility index (Phi) is 3.50. The van der Waals surface area contributed by atoms with Crippen molar-refractivity contribution in [2.24, 2.45) is 0 Å².